The van der Waals surface area contributed by atoms with Crippen LogP contribution in [0.25, 0.3) is 0 Å². The van der Waals surface area contributed by atoms with Gasteiger partial charge in [-0.3, -0.25) is 0 Å². The molecule has 3 heteroatoms. The Labute approximate surface area is 85.4 Å². The van der Waals surface area contributed by atoms with Crippen LogP contribution in [0.4, 0.5) is 0 Å². The third-order valence-corrected chi connectivity index (χ3v) is 3.94. The van der Waals surface area contributed by atoms with E-state index < -0.39 is 0 Å². The molecule has 0 amide bonds. The van der Waals surface area contributed by atoms with Crippen LogP contribution in [0.5, 0.6) is 0 Å². The quantitative estimate of drug-likeness (QED) is 0.720. The van der Waals surface area contributed by atoms with Crippen molar-refractivity contribution in [3.05, 3.63) is 0 Å². The first-order valence-corrected chi connectivity index (χ1v) is 6.64. The minimum Gasteiger partial charge on any atom is -0.313 e. The average Bonchev–Trinajstić information content (AvgIpc) is 2.21. The van der Waals surface area contributed by atoms with Crippen molar-refractivity contribution in [3.63, 3.8) is 0 Å². The SMILES string of the molecule is C1CC[C@H](CN2CCSCC2)NC1. The van der Waals surface area contributed by atoms with Gasteiger partial charge in [0.2, 0.25) is 0 Å². The summed E-state index contributed by atoms with van der Waals surface area (Å²) >= 11 is 2.10. The third kappa shape index (κ3) is 3.15. The maximum atomic E-state index is 3.62. The Morgan fingerprint density at radius 1 is 1.23 bits per heavy atom. The van der Waals surface area contributed by atoms with E-state index in [0.29, 0.717) is 0 Å². The molecule has 0 aromatic heterocycles. The fraction of sp³-hybridized carbons (Fsp3) is 1.00. The van der Waals surface area contributed by atoms with Crippen LogP contribution in [0.1, 0.15) is 19.3 Å². The molecule has 1 atom stereocenters. The van der Waals surface area contributed by atoms with Gasteiger partial charge in [0.25, 0.3) is 0 Å². The third-order valence-electron chi connectivity index (χ3n) is 2.99. The highest BCUT2D eigenvalue weighted by molar-refractivity contribution is 7.99. The topological polar surface area (TPSA) is 15.3 Å². The van der Waals surface area contributed by atoms with Crippen molar-refractivity contribution in [3.8, 4) is 0 Å². The molecule has 76 valence electrons. The molecule has 2 aliphatic rings. The number of rotatable bonds is 2. The zero-order valence-corrected chi connectivity index (χ0v) is 9.11. The molecule has 2 heterocycles. The lowest BCUT2D eigenvalue weighted by atomic mass is 10.0. The van der Waals surface area contributed by atoms with Gasteiger partial charge in [0.05, 0.1) is 0 Å². The van der Waals surface area contributed by atoms with E-state index in [9.17, 15) is 0 Å². The summed E-state index contributed by atoms with van der Waals surface area (Å²) in [7, 11) is 0. The Balaban J connectivity index is 1.69. The molecule has 0 bridgehead atoms. The zero-order valence-electron chi connectivity index (χ0n) is 8.30. The van der Waals surface area contributed by atoms with E-state index in [0.717, 1.165) is 6.04 Å². The first-order chi connectivity index (χ1) is 6.45. The van der Waals surface area contributed by atoms with E-state index in [4.69, 9.17) is 0 Å². The minimum atomic E-state index is 0.789. The normalized spacial score (nSPS) is 31.8. The monoisotopic (exact) mass is 200 g/mol. The maximum absolute atomic E-state index is 3.62. The predicted molar refractivity (Wildman–Crippen MR) is 59.4 cm³/mol. The van der Waals surface area contributed by atoms with Crippen molar-refractivity contribution in [2.75, 3.05) is 37.7 Å². The van der Waals surface area contributed by atoms with E-state index in [1.807, 2.05) is 0 Å². The summed E-state index contributed by atoms with van der Waals surface area (Å²) in [5, 5.41) is 3.62. The molecule has 0 spiro atoms. The molecule has 0 aromatic carbocycles. The summed E-state index contributed by atoms with van der Waals surface area (Å²) in [6, 6.07) is 0.789. The standard InChI is InChI=1S/C10H20N2S/c1-2-4-11-10(3-1)9-12-5-7-13-8-6-12/h10-11H,1-9H2/t10-/m1/s1. The number of hydrogen-bond donors (Lipinski definition) is 1. The van der Waals surface area contributed by atoms with Gasteiger partial charge in [-0.25, -0.2) is 0 Å². The van der Waals surface area contributed by atoms with Crippen LogP contribution in [-0.4, -0.2) is 48.6 Å². The lowest BCUT2D eigenvalue weighted by Gasteiger charge is -2.32. The predicted octanol–water partition coefficient (Wildman–Crippen LogP) is 1.18. The highest BCUT2D eigenvalue weighted by atomic mass is 32.2. The highest BCUT2D eigenvalue weighted by Crippen LogP contribution is 2.12. The van der Waals surface area contributed by atoms with E-state index in [2.05, 4.69) is 22.0 Å². The summed E-state index contributed by atoms with van der Waals surface area (Å²) in [5.41, 5.74) is 0. The van der Waals surface area contributed by atoms with Gasteiger partial charge in [0, 0.05) is 37.2 Å². The highest BCUT2D eigenvalue weighted by Gasteiger charge is 2.17. The zero-order chi connectivity index (χ0) is 8.93. The molecule has 0 saturated carbocycles. The van der Waals surface area contributed by atoms with E-state index in [1.165, 1.54) is 56.9 Å². The second-order valence-electron chi connectivity index (χ2n) is 4.06. The van der Waals surface area contributed by atoms with Gasteiger partial charge in [-0.15, -0.1) is 0 Å². The van der Waals surface area contributed by atoms with Gasteiger partial charge in [0.1, 0.15) is 0 Å². The molecule has 0 unspecified atom stereocenters. The number of nitrogens with zero attached hydrogens (tertiary/aromatic N) is 1. The molecule has 2 saturated heterocycles. The fourth-order valence-corrected chi connectivity index (χ4v) is 3.15. The molecule has 0 radical (unpaired) electrons. The molecule has 1 N–H and O–H groups in total. The molecule has 2 rings (SSSR count). The van der Waals surface area contributed by atoms with Gasteiger partial charge in [0.15, 0.2) is 0 Å². The summed E-state index contributed by atoms with van der Waals surface area (Å²) in [5.74, 6) is 2.68. The van der Waals surface area contributed by atoms with Crippen LogP contribution < -0.4 is 5.32 Å². The summed E-state index contributed by atoms with van der Waals surface area (Å²) < 4.78 is 0. The Morgan fingerprint density at radius 2 is 2.08 bits per heavy atom. The van der Waals surface area contributed by atoms with Crippen LogP contribution in [0, 0.1) is 0 Å². The second-order valence-corrected chi connectivity index (χ2v) is 5.28. The van der Waals surface area contributed by atoms with Crippen LogP contribution in [-0.2, 0) is 0 Å². The molecular weight excluding hydrogens is 180 g/mol. The van der Waals surface area contributed by atoms with Crippen molar-refractivity contribution in [2.24, 2.45) is 0 Å². The molecular formula is C10H20N2S. The Hall–Kier alpha value is 0.270. The lowest BCUT2D eigenvalue weighted by Crippen LogP contribution is -2.46. The molecule has 0 aliphatic carbocycles. The summed E-state index contributed by atoms with van der Waals surface area (Å²) in [6.07, 6.45) is 4.20. The number of hydrogen-bond acceptors (Lipinski definition) is 3. The van der Waals surface area contributed by atoms with Crippen LogP contribution in [0.15, 0.2) is 0 Å². The summed E-state index contributed by atoms with van der Waals surface area (Å²) in [4.78, 5) is 2.62. The van der Waals surface area contributed by atoms with Gasteiger partial charge < -0.3 is 10.2 Å². The molecule has 2 fully saturated rings. The van der Waals surface area contributed by atoms with Gasteiger partial charge in [-0.1, -0.05) is 6.42 Å². The van der Waals surface area contributed by atoms with Crippen LogP contribution in [0.2, 0.25) is 0 Å². The van der Waals surface area contributed by atoms with Gasteiger partial charge in [-0.2, -0.15) is 11.8 Å². The van der Waals surface area contributed by atoms with Crippen LogP contribution >= 0.6 is 11.8 Å². The van der Waals surface area contributed by atoms with Crippen molar-refractivity contribution in [2.45, 2.75) is 25.3 Å². The van der Waals surface area contributed by atoms with E-state index in [-0.39, 0.29) is 0 Å². The van der Waals surface area contributed by atoms with Crippen molar-refractivity contribution >= 4 is 11.8 Å². The van der Waals surface area contributed by atoms with Crippen molar-refractivity contribution in [1.29, 1.82) is 0 Å². The summed E-state index contributed by atoms with van der Waals surface area (Å²) in [6.45, 7) is 5.15. The van der Waals surface area contributed by atoms with Gasteiger partial charge in [-0.05, 0) is 19.4 Å². The van der Waals surface area contributed by atoms with E-state index in [1.54, 1.807) is 0 Å². The van der Waals surface area contributed by atoms with Gasteiger partial charge >= 0.3 is 0 Å². The molecule has 2 nitrogen and oxygen atoms in total. The Kier molecular flexibility index (Phi) is 3.94. The van der Waals surface area contributed by atoms with Crippen molar-refractivity contribution < 1.29 is 0 Å². The lowest BCUT2D eigenvalue weighted by molar-refractivity contribution is 0.242. The molecule has 0 aromatic rings. The van der Waals surface area contributed by atoms with E-state index >= 15 is 0 Å². The Morgan fingerprint density at radius 3 is 2.77 bits per heavy atom. The van der Waals surface area contributed by atoms with Crippen LogP contribution in [0.3, 0.4) is 0 Å². The first-order valence-electron chi connectivity index (χ1n) is 5.48. The Bertz CT molecular complexity index is 124. The largest absolute Gasteiger partial charge is 0.313 e. The smallest absolute Gasteiger partial charge is 0.0195 e. The number of nitrogens with one attached hydrogen (secondary N) is 1. The molecule has 13 heavy (non-hydrogen) atoms. The number of piperidine rings is 1. The first kappa shape index (κ1) is 9.81. The fourth-order valence-electron chi connectivity index (χ4n) is 2.18. The number of thioether (sulfide) groups is 1. The second kappa shape index (κ2) is 5.23. The molecule has 2 aliphatic heterocycles. The minimum absolute atomic E-state index is 0.789. The van der Waals surface area contributed by atoms with Crippen molar-refractivity contribution in [1.82, 2.24) is 10.2 Å². The average molecular weight is 200 g/mol. The maximum Gasteiger partial charge on any atom is 0.0195 e.